The fourth-order valence-electron chi connectivity index (χ4n) is 3.11. The van der Waals surface area contributed by atoms with Gasteiger partial charge in [-0.15, -0.1) is 0 Å². The molecule has 1 unspecified atom stereocenters. The molecule has 8 heteroatoms. The lowest BCUT2D eigenvalue weighted by Gasteiger charge is -2.30. The molecule has 0 aliphatic rings. The van der Waals surface area contributed by atoms with Gasteiger partial charge in [0.15, 0.2) is 0 Å². The molecule has 0 aliphatic carbocycles. The van der Waals surface area contributed by atoms with E-state index >= 15 is 0 Å². The molecule has 0 spiro atoms. The van der Waals surface area contributed by atoms with E-state index in [0.717, 1.165) is 27.4 Å². The molecular formula is C22H30N2O5S. The number of carbonyl (C=O) groups is 1. The standard InChI is InChI=1S/C22H30N2O5S/c1-6-20(24(30(5,26)27)18-9-11-19(28-4)12-10-18)22(25)23-13-14-29-21-15-16(2)7-8-17(21)3/h7-12,15,20H,6,13-14H2,1-5H3,(H,23,25). The third-order valence-corrected chi connectivity index (χ3v) is 5.84. The molecule has 2 rings (SSSR count). The summed E-state index contributed by atoms with van der Waals surface area (Å²) < 4.78 is 37.0. The first-order valence-corrected chi connectivity index (χ1v) is 11.6. The molecule has 1 N–H and O–H groups in total. The Labute approximate surface area is 179 Å². The van der Waals surface area contributed by atoms with Crippen LogP contribution in [-0.4, -0.2) is 46.9 Å². The Morgan fingerprint density at radius 2 is 1.80 bits per heavy atom. The van der Waals surface area contributed by atoms with Crippen LogP contribution in [0.2, 0.25) is 0 Å². The van der Waals surface area contributed by atoms with Crippen LogP contribution in [0.5, 0.6) is 11.5 Å². The summed E-state index contributed by atoms with van der Waals surface area (Å²) in [6.45, 7) is 6.27. The zero-order valence-electron chi connectivity index (χ0n) is 18.1. The van der Waals surface area contributed by atoms with Crippen LogP contribution in [0.3, 0.4) is 0 Å². The highest BCUT2D eigenvalue weighted by Gasteiger charge is 2.31. The van der Waals surface area contributed by atoms with E-state index in [9.17, 15) is 13.2 Å². The van der Waals surface area contributed by atoms with E-state index in [1.165, 1.54) is 7.11 Å². The lowest BCUT2D eigenvalue weighted by Crippen LogP contribution is -2.50. The second kappa shape index (κ2) is 10.3. The lowest BCUT2D eigenvalue weighted by atomic mass is 10.1. The van der Waals surface area contributed by atoms with Crippen LogP contribution in [0.15, 0.2) is 42.5 Å². The number of nitrogens with one attached hydrogen (secondary N) is 1. The number of methoxy groups -OCH3 is 1. The van der Waals surface area contributed by atoms with E-state index in [1.807, 2.05) is 32.0 Å². The second-order valence-electron chi connectivity index (χ2n) is 7.09. The van der Waals surface area contributed by atoms with Crippen LogP contribution in [0.25, 0.3) is 0 Å². The molecule has 0 aromatic heterocycles. The molecule has 2 aromatic rings. The molecule has 2 aromatic carbocycles. The van der Waals surface area contributed by atoms with Gasteiger partial charge in [-0.1, -0.05) is 19.1 Å². The largest absolute Gasteiger partial charge is 0.497 e. The Hall–Kier alpha value is -2.74. The summed E-state index contributed by atoms with van der Waals surface area (Å²) in [4.78, 5) is 12.8. The fourth-order valence-corrected chi connectivity index (χ4v) is 4.32. The van der Waals surface area contributed by atoms with Gasteiger partial charge in [-0.25, -0.2) is 8.42 Å². The smallest absolute Gasteiger partial charge is 0.244 e. The van der Waals surface area contributed by atoms with Crippen molar-refractivity contribution in [2.24, 2.45) is 0 Å². The van der Waals surface area contributed by atoms with Crippen LogP contribution in [0.1, 0.15) is 24.5 Å². The molecule has 30 heavy (non-hydrogen) atoms. The zero-order chi connectivity index (χ0) is 22.3. The molecule has 7 nitrogen and oxygen atoms in total. The maximum Gasteiger partial charge on any atom is 0.244 e. The Kier molecular flexibility index (Phi) is 8.11. The molecule has 0 heterocycles. The van der Waals surface area contributed by atoms with Crippen LogP contribution >= 0.6 is 0 Å². The highest BCUT2D eigenvalue weighted by molar-refractivity contribution is 7.92. The maximum atomic E-state index is 12.8. The average Bonchev–Trinajstić information content (AvgIpc) is 2.70. The third kappa shape index (κ3) is 6.13. The Balaban J connectivity index is 2.07. The summed E-state index contributed by atoms with van der Waals surface area (Å²) in [6.07, 6.45) is 1.42. The molecule has 0 radical (unpaired) electrons. The van der Waals surface area contributed by atoms with Crippen molar-refractivity contribution < 1.29 is 22.7 Å². The van der Waals surface area contributed by atoms with E-state index in [-0.39, 0.29) is 19.1 Å². The van der Waals surface area contributed by atoms with Crippen molar-refractivity contribution >= 4 is 21.6 Å². The maximum absolute atomic E-state index is 12.8. The highest BCUT2D eigenvalue weighted by Crippen LogP contribution is 2.25. The Morgan fingerprint density at radius 3 is 2.37 bits per heavy atom. The van der Waals surface area contributed by atoms with Crippen molar-refractivity contribution in [3.8, 4) is 11.5 Å². The van der Waals surface area contributed by atoms with Crippen LogP contribution < -0.4 is 19.1 Å². The van der Waals surface area contributed by atoms with E-state index in [0.29, 0.717) is 17.9 Å². The van der Waals surface area contributed by atoms with Gasteiger partial charge in [0.2, 0.25) is 15.9 Å². The molecule has 0 saturated carbocycles. The van der Waals surface area contributed by atoms with E-state index in [2.05, 4.69) is 5.32 Å². The number of hydrogen-bond acceptors (Lipinski definition) is 5. The summed E-state index contributed by atoms with van der Waals surface area (Å²) in [7, 11) is -2.14. The predicted molar refractivity (Wildman–Crippen MR) is 119 cm³/mol. The van der Waals surface area contributed by atoms with Crippen LogP contribution in [-0.2, 0) is 14.8 Å². The first kappa shape index (κ1) is 23.5. The summed E-state index contributed by atoms with van der Waals surface area (Å²) >= 11 is 0. The molecule has 1 atom stereocenters. The number of benzene rings is 2. The Bertz CT molecular complexity index is 958. The quantitative estimate of drug-likeness (QED) is 0.581. The second-order valence-corrected chi connectivity index (χ2v) is 8.95. The van der Waals surface area contributed by atoms with Gasteiger partial charge in [0.1, 0.15) is 24.1 Å². The molecule has 0 fully saturated rings. The van der Waals surface area contributed by atoms with E-state index in [1.54, 1.807) is 31.2 Å². The number of aryl methyl sites for hydroxylation is 2. The molecule has 0 saturated heterocycles. The van der Waals surface area contributed by atoms with Crippen LogP contribution in [0, 0.1) is 13.8 Å². The minimum Gasteiger partial charge on any atom is -0.497 e. The number of sulfonamides is 1. The van der Waals surface area contributed by atoms with Crippen molar-refractivity contribution in [1.29, 1.82) is 0 Å². The van der Waals surface area contributed by atoms with E-state index in [4.69, 9.17) is 9.47 Å². The van der Waals surface area contributed by atoms with Gasteiger partial charge in [-0.2, -0.15) is 0 Å². The van der Waals surface area contributed by atoms with Crippen LogP contribution in [0.4, 0.5) is 5.69 Å². The summed E-state index contributed by atoms with van der Waals surface area (Å²) in [5.74, 6) is 1.00. The first-order chi connectivity index (χ1) is 14.2. The topological polar surface area (TPSA) is 84.9 Å². The zero-order valence-corrected chi connectivity index (χ0v) is 19.0. The highest BCUT2D eigenvalue weighted by atomic mass is 32.2. The fraction of sp³-hybridized carbons (Fsp3) is 0.409. The Morgan fingerprint density at radius 1 is 1.13 bits per heavy atom. The van der Waals surface area contributed by atoms with Crippen molar-refractivity contribution in [3.63, 3.8) is 0 Å². The lowest BCUT2D eigenvalue weighted by molar-refractivity contribution is -0.122. The minimum absolute atomic E-state index is 0.267. The van der Waals surface area contributed by atoms with Gasteiger partial charge in [-0.3, -0.25) is 9.10 Å². The van der Waals surface area contributed by atoms with Gasteiger partial charge in [0.25, 0.3) is 0 Å². The number of nitrogens with zero attached hydrogens (tertiary/aromatic N) is 1. The minimum atomic E-state index is -3.68. The number of hydrogen-bond donors (Lipinski definition) is 1. The predicted octanol–water partition coefficient (Wildman–Crippen LogP) is 3.05. The molecule has 0 aliphatic heterocycles. The molecule has 164 valence electrons. The summed E-state index contributed by atoms with van der Waals surface area (Å²) in [5, 5.41) is 2.79. The van der Waals surface area contributed by atoms with Crippen molar-refractivity contribution in [1.82, 2.24) is 5.32 Å². The van der Waals surface area contributed by atoms with Crippen molar-refractivity contribution in [3.05, 3.63) is 53.6 Å². The number of carbonyl (C=O) groups excluding carboxylic acids is 1. The average molecular weight is 435 g/mol. The number of ether oxygens (including phenoxy) is 2. The van der Waals surface area contributed by atoms with Gasteiger partial charge in [0.05, 0.1) is 25.6 Å². The van der Waals surface area contributed by atoms with Gasteiger partial charge >= 0.3 is 0 Å². The number of rotatable bonds is 10. The first-order valence-electron chi connectivity index (χ1n) is 9.78. The van der Waals surface area contributed by atoms with E-state index < -0.39 is 16.1 Å². The van der Waals surface area contributed by atoms with Crippen molar-refractivity contribution in [2.75, 3.05) is 30.8 Å². The van der Waals surface area contributed by atoms with Gasteiger partial charge < -0.3 is 14.8 Å². The number of anilines is 1. The van der Waals surface area contributed by atoms with Crippen molar-refractivity contribution in [2.45, 2.75) is 33.2 Å². The summed E-state index contributed by atoms with van der Waals surface area (Å²) in [6, 6.07) is 11.6. The third-order valence-electron chi connectivity index (χ3n) is 4.66. The number of amides is 1. The SMILES string of the molecule is CCC(C(=O)NCCOc1cc(C)ccc1C)N(c1ccc(OC)cc1)S(C)(=O)=O. The summed E-state index contributed by atoms with van der Waals surface area (Å²) in [5.41, 5.74) is 2.52. The molecule has 0 bridgehead atoms. The van der Waals surface area contributed by atoms with Gasteiger partial charge in [0, 0.05) is 0 Å². The molecular weight excluding hydrogens is 404 g/mol. The monoisotopic (exact) mass is 434 g/mol. The van der Waals surface area contributed by atoms with Gasteiger partial charge in [-0.05, 0) is 61.7 Å². The molecule has 1 amide bonds. The normalized spacial score (nSPS) is 12.2.